The first-order valence-electron chi connectivity index (χ1n) is 10.8. The van der Waals surface area contributed by atoms with Crippen LogP contribution in [0.15, 0.2) is 99.6 Å². The number of rotatable bonds is 2. The Labute approximate surface area is 208 Å². The van der Waals surface area contributed by atoms with Gasteiger partial charge in [0.1, 0.15) is 5.00 Å². The number of hydrogen-bond acceptors (Lipinski definition) is 6. The maximum atomic E-state index is 13.1. The van der Waals surface area contributed by atoms with E-state index >= 15 is 0 Å². The van der Waals surface area contributed by atoms with Crippen molar-refractivity contribution in [3.05, 3.63) is 106 Å². The summed E-state index contributed by atoms with van der Waals surface area (Å²) in [5.74, 6) is -0.372. The number of allylic oxidation sites excluding steroid dienone is 1. The number of nitrogens with zero attached hydrogens (tertiary/aromatic N) is 1. The van der Waals surface area contributed by atoms with E-state index in [1.54, 1.807) is 40.5 Å². The molecule has 0 saturated carbocycles. The monoisotopic (exact) mass is 493 g/mol. The molecular formula is C28H15NO2S3. The molecule has 1 aliphatic heterocycles. The second-order valence-corrected chi connectivity index (χ2v) is 11.2. The van der Waals surface area contributed by atoms with Crippen LogP contribution in [-0.4, -0.2) is 11.6 Å². The molecule has 0 radical (unpaired) electrons. The predicted octanol–water partition coefficient (Wildman–Crippen LogP) is 8.36. The van der Waals surface area contributed by atoms with Crippen molar-refractivity contribution in [2.24, 2.45) is 0 Å². The fourth-order valence-corrected chi connectivity index (χ4v) is 7.38. The molecule has 34 heavy (non-hydrogen) atoms. The van der Waals surface area contributed by atoms with Gasteiger partial charge in [-0.1, -0.05) is 36.0 Å². The zero-order valence-electron chi connectivity index (χ0n) is 17.6. The molecule has 0 atom stereocenters. The topological polar surface area (TPSA) is 37.4 Å². The SMILES string of the molecule is O=C1/C(=C\c2ccc(N3c4ccccc4Sc4ccccc43)s2)C(=O)c2cc3sccc3cc21. The van der Waals surface area contributed by atoms with Crippen molar-refractivity contribution in [2.45, 2.75) is 9.79 Å². The van der Waals surface area contributed by atoms with E-state index in [9.17, 15) is 9.59 Å². The van der Waals surface area contributed by atoms with Gasteiger partial charge in [0.05, 0.1) is 16.9 Å². The van der Waals surface area contributed by atoms with Crippen LogP contribution in [0.25, 0.3) is 16.2 Å². The Hall–Kier alpha value is -3.45. The maximum absolute atomic E-state index is 13.1. The second kappa shape index (κ2) is 7.53. The van der Waals surface area contributed by atoms with E-state index in [1.165, 1.54) is 9.79 Å². The van der Waals surface area contributed by atoms with Gasteiger partial charge in [0.2, 0.25) is 0 Å². The molecule has 1 aliphatic carbocycles. The predicted molar refractivity (Wildman–Crippen MR) is 142 cm³/mol. The van der Waals surface area contributed by atoms with E-state index in [0.29, 0.717) is 11.1 Å². The maximum Gasteiger partial charge on any atom is 0.197 e. The lowest BCUT2D eigenvalue weighted by atomic mass is 10.1. The Kier molecular flexibility index (Phi) is 4.42. The van der Waals surface area contributed by atoms with Crippen LogP contribution < -0.4 is 4.90 Å². The average Bonchev–Trinajstić information content (AvgIpc) is 3.57. The number of thiophene rings is 2. The number of benzene rings is 3. The Morgan fingerprint density at radius 3 is 2.15 bits per heavy atom. The third-order valence-corrected chi connectivity index (χ3v) is 9.15. The molecule has 0 saturated heterocycles. The molecule has 0 fully saturated rings. The van der Waals surface area contributed by atoms with Gasteiger partial charge in [0, 0.05) is 30.5 Å². The van der Waals surface area contributed by atoms with E-state index in [-0.39, 0.29) is 17.1 Å². The fourth-order valence-electron chi connectivity index (χ4n) is 4.53. The minimum atomic E-state index is -0.187. The quantitative estimate of drug-likeness (QED) is 0.179. The normalized spacial score (nSPS) is 15.6. The summed E-state index contributed by atoms with van der Waals surface area (Å²) >= 11 is 4.93. The molecule has 0 spiro atoms. The van der Waals surface area contributed by atoms with E-state index in [2.05, 4.69) is 59.5 Å². The van der Waals surface area contributed by atoms with E-state index in [4.69, 9.17) is 0 Å². The van der Waals surface area contributed by atoms with Crippen molar-refractivity contribution in [1.82, 2.24) is 0 Å². The van der Waals surface area contributed by atoms with E-state index in [1.807, 2.05) is 29.6 Å². The van der Waals surface area contributed by atoms with Crippen molar-refractivity contribution in [2.75, 3.05) is 4.90 Å². The molecular weight excluding hydrogens is 479 g/mol. The van der Waals surface area contributed by atoms with Crippen LogP contribution in [0, 0.1) is 0 Å². The van der Waals surface area contributed by atoms with Gasteiger partial charge >= 0.3 is 0 Å². The fraction of sp³-hybridized carbons (Fsp3) is 0. The number of carbonyl (C=O) groups is 2. The minimum absolute atomic E-state index is 0.185. The van der Waals surface area contributed by atoms with E-state index in [0.717, 1.165) is 31.3 Å². The first kappa shape index (κ1) is 20.0. The Bertz CT molecular complexity index is 1590. The molecule has 0 N–H and O–H groups in total. The number of para-hydroxylation sites is 2. The van der Waals surface area contributed by atoms with Gasteiger partial charge in [-0.2, -0.15) is 0 Å². The summed E-state index contributed by atoms with van der Waals surface area (Å²) in [6.45, 7) is 0. The standard InChI is InChI=1S/C28H15NO2S3/c30-27-18-13-16-11-12-32-25(16)15-19(18)28(31)20(27)14-17-9-10-26(33-17)29-21-5-1-3-7-23(21)34-24-8-4-2-6-22(24)29/h1-15H/b20-14+. The number of ketones is 2. The number of fused-ring (bicyclic) bond motifs is 4. The molecule has 162 valence electrons. The number of carbonyl (C=O) groups excluding carboxylic acids is 2. The highest BCUT2D eigenvalue weighted by Gasteiger charge is 2.34. The summed E-state index contributed by atoms with van der Waals surface area (Å²) < 4.78 is 1.03. The highest BCUT2D eigenvalue weighted by atomic mass is 32.2. The summed E-state index contributed by atoms with van der Waals surface area (Å²) in [6.07, 6.45) is 1.75. The summed E-state index contributed by atoms with van der Waals surface area (Å²) in [5.41, 5.74) is 3.53. The molecule has 7 rings (SSSR count). The zero-order valence-corrected chi connectivity index (χ0v) is 20.1. The van der Waals surface area contributed by atoms with Gasteiger partial charge in [-0.25, -0.2) is 0 Å². The van der Waals surface area contributed by atoms with Crippen LogP contribution in [0.1, 0.15) is 25.6 Å². The third kappa shape index (κ3) is 2.96. The molecule has 2 aliphatic rings. The number of Topliss-reactive ketones (excluding diaryl/α,β-unsaturated/α-hetero) is 2. The molecule has 3 aromatic carbocycles. The number of anilines is 3. The van der Waals surface area contributed by atoms with Gasteiger partial charge in [-0.05, 0) is 71.4 Å². The lowest BCUT2D eigenvalue weighted by Crippen LogP contribution is -2.13. The lowest BCUT2D eigenvalue weighted by Gasteiger charge is -2.31. The van der Waals surface area contributed by atoms with E-state index < -0.39 is 0 Å². The van der Waals surface area contributed by atoms with Crippen molar-refractivity contribution in [1.29, 1.82) is 0 Å². The third-order valence-electron chi connectivity index (χ3n) is 6.12. The first-order valence-corrected chi connectivity index (χ1v) is 13.3. The molecule has 5 aromatic rings. The average molecular weight is 494 g/mol. The van der Waals surface area contributed by atoms with Gasteiger partial charge in [0.15, 0.2) is 11.6 Å². The molecule has 3 heterocycles. The summed E-state index contributed by atoms with van der Waals surface area (Å²) in [5, 5.41) is 4.03. The molecule has 0 amide bonds. The Morgan fingerprint density at radius 2 is 1.41 bits per heavy atom. The van der Waals surface area contributed by atoms with Crippen LogP contribution in [0.5, 0.6) is 0 Å². The highest BCUT2D eigenvalue weighted by Crippen LogP contribution is 2.52. The second-order valence-electron chi connectivity index (χ2n) is 8.12. The molecule has 6 heteroatoms. The van der Waals surface area contributed by atoms with Crippen molar-refractivity contribution in [3.63, 3.8) is 0 Å². The highest BCUT2D eigenvalue weighted by molar-refractivity contribution is 7.99. The molecule has 0 bridgehead atoms. The Morgan fingerprint density at radius 1 is 0.735 bits per heavy atom. The summed E-state index contributed by atoms with van der Waals surface area (Å²) in [7, 11) is 0. The molecule has 0 unspecified atom stereocenters. The zero-order chi connectivity index (χ0) is 22.8. The van der Waals surface area contributed by atoms with Crippen LogP contribution in [0.4, 0.5) is 16.4 Å². The summed E-state index contributed by atoms with van der Waals surface area (Å²) in [4.78, 5) is 31.8. The minimum Gasteiger partial charge on any atom is -0.300 e. The molecule has 3 nitrogen and oxygen atoms in total. The van der Waals surface area contributed by atoms with Gasteiger partial charge in [-0.15, -0.1) is 22.7 Å². The van der Waals surface area contributed by atoms with Gasteiger partial charge < -0.3 is 0 Å². The largest absolute Gasteiger partial charge is 0.300 e. The van der Waals surface area contributed by atoms with Crippen LogP contribution in [-0.2, 0) is 0 Å². The van der Waals surface area contributed by atoms with Crippen molar-refractivity contribution in [3.8, 4) is 0 Å². The van der Waals surface area contributed by atoms with Crippen LogP contribution in [0.3, 0.4) is 0 Å². The van der Waals surface area contributed by atoms with Crippen molar-refractivity contribution >= 4 is 78.5 Å². The lowest BCUT2D eigenvalue weighted by molar-refractivity contribution is 0.0990. The smallest absolute Gasteiger partial charge is 0.197 e. The first-order chi connectivity index (χ1) is 16.7. The van der Waals surface area contributed by atoms with Gasteiger partial charge in [0.25, 0.3) is 0 Å². The van der Waals surface area contributed by atoms with Gasteiger partial charge in [-0.3, -0.25) is 14.5 Å². The Balaban J connectivity index is 1.30. The summed E-state index contributed by atoms with van der Waals surface area (Å²) in [6, 6.07) is 26.5. The molecule has 2 aromatic heterocycles. The number of hydrogen-bond donors (Lipinski definition) is 0. The van der Waals surface area contributed by atoms with Crippen molar-refractivity contribution < 1.29 is 9.59 Å². The van der Waals surface area contributed by atoms with Crippen LogP contribution in [0.2, 0.25) is 0 Å². The van der Waals surface area contributed by atoms with Crippen LogP contribution >= 0.6 is 34.4 Å².